The second kappa shape index (κ2) is 5.22. The van der Waals surface area contributed by atoms with Gasteiger partial charge in [-0.25, -0.2) is 4.39 Å². The predicted molar refractivity (Wildman–Crippen MR) is 83.6 cm³/mol. The molecule has 3 N–H and O–H groups in total. The van der Waals surface area contributed by atoms with Crippen LogP contribution in [0, 0.1) is 12.7 Å². The Morgan fingerprint density at radius 2 is 1.90 bits per heavy atom. The van der Waals surface area contributed by atoms with Gasteiger partial charge in [0.1, 0.15) is 5.82 Å². The van der Waals surface area contributed by atoms with Crippen molar-refractivity contribution in [2.75, 3.05) is 5.73 Å². The monoisotopic (exact) mass is 301 g/mol. The normalized spacial score (nSPS) is 10.8. The average molecular weight is 302 g/mol. The number of nitrogens with two attached hydrogens (primary N) is 1. The summed E-state index contributed by atoms with van der Waals surface area (Å²) in [7, 11) is 0. The van der Waals surface area contributed by atoms with E-state index in [0.717, 1.165) is 11.1 Å². The van der Waals surface area contributed by atoms with E-state index in [1.54, 1.807) is 24.3 Å². The van der Waals surface area contributed by atoms with Gasteiger partial charge in [-0.15, -0.1) is 0 Å². The Hall–Kier alpha value is -2.33. The lowest BCUT2D eigenvalue weighted by Gasteiger charge is -2.08. The summed E-state index contributed by atoms with van der Waals surface area (Å²) in [4.78, 5) is 0. The fraction of sp³-hybridized carbons (Fsp3) is 0.0625. The molecule has 0 fully saturated rings. The van der Waals surface area contributed by atoms with Gasteiger partial charge in [0.25, 0.3) is 0 Å². The second-order valence-electron chi connectivity index (χ2n) is 4.80. The number of nitrogens with one attached hydrogen (secondary N) is 1. The first-order valence-electron chi connectivity index (χ1n) is 6.43. The zero-order valence-corrected chi connectivity index (χ0v) is 12.1. The topological polar surface area (TPSA) is 54.7 Å². The van der Waals surface area contributed by atoms with E-state index >= 15 is 0 Å². The summed E-state index contributed by atoms with van der Waals surface area (Å²) in [5.74, 6) is -0.0667. The second-order valence-corrected chi connectivity index (χ2v) is 5.23. The van der Waals surface area contributed by atoms with Crippen molar-refractivity contribution in [3.8, 4) is 22.4 Å². The number of halogens is 2. The number of nitrogens with zero attached hydrogens (tertiary/aromatic N) is 1. The molecule has 106 valence electrons. The van der Waals surface area contributed by atoms with Gasteiger partial charge in [0, 0.05) is 16.1 Å². The van der Waals surface area contributed by atoms with E-state index < -0.39 is 0 Å². The zero-order valence-electron chi connectivity index (χ0n) is 11.3. The van der Waals surface area contributed by atoms with E-state index in [1.807, 2.05) is 19.1 Å². The summed E-state index contributed by atoms with van der Waals surface area (Å²) in [5, 5.41) is 7.57. The van der Waals surface area contributed by atoms with Gasteiger partial charge in [-0.05, 0) is 30.7 Å². The molecule has 0 bridgehead atoms. The average Bonchev–Trinajstić information content (AvgIpc) is 2.81. The van der Waals surface area contributed by atoms with Crippen LogP contribution in [0.4, 0.5) is 10.2 Å². The third kappa shape index (κ3) is 2.38. The van der Waals surface area contributed by atoms with Crippen molar-refractivity contribution in [1.29, 1.82) is 0 Å². The lowest BCUT2D eigenvalue weighted by Crippen LogP contribution is -1.92. The fourth-order valence-corrected chi connectivity index (χ4v) is 2.62. The van der Waals surface area contributed by atoms with Gasteiger partial charge in [0.15, 0.2) is 5.82 Å². The Bertz CT molecular complexity index is 811. The molecule has 3 aromatic rings. The van der Waals surface area contributed by atoms with Crippen LogP contribution in [0.2, 0.25) is 5.02 Å². The first-order valence-corrected chi connectivity index (χ1v) is 6.81. The van der Waals surface area contributed by atoms with Crippen LogP contribution in [0.15, 0.2) is 42.5 Å². The van der Waals surface area contributed by atoms with Crippen LogP contribution < -0.4 is 5.73 Å². The molecule has 1 aromatic heterocycles. The molecule has 0 radical (unpaired) electrons. The van der Waals surface area contributed by atoms with Crippen molar-refractivity contribution in [3.05, 3.63) is 58.9 Å². The maximum Gasteiger partial charge on any atom is 0.153 e. The molecule has 0 aliphatic heterocycles. The Kier molecular flexibility index (Phi) is 3.39. The quantitative estimate of drug-likeness (QED) is 0.736. The largest absolute Gasteiger partial charge is 0.382 e. The van der Waals surface area contributed by atoms with Gasteiger partial charge < -0.3 is 5.73 Å². The van der Waals surface area contributed by atoms with Gasteiger partial charge in [-0.2, -0.15) is 5.10 Å². The molecule has 0 amide bonds. The standard InChI is InChI=1S/C16H13ClFN3/c1-9-8-10(17)6-7-11(9)15-14(16(19)21-20-15)12-4-2-3-5-13(12)18/h2-8H,1H3,(H3,19,20,21). The van der Waals surface area contributed by atoms with Crippen LogP contribution in [0.1, 0.15) is 5.56 Å². The summed E-state index contributed by atoms with van der Waals surface area (Å²) in [6.45, 7) is 1.93. The minimum Gasteiger partial charge on any atom is -0.382 e. The molecule has 0 spiro atoms. The van der Waals surface area contributed by atoms with E-state index in [0.29, 0.717) is 21.8 Å². The lowest BCUT2D eigenvalue weighted by atomic mass is 9.97. The summed E-state index contributed by atoms with van der Waals surface area (Å²) in [6.07, 6.45) is 0. The molecular weight excluding hydrogens is 289 g/mol. The summed E-state index contributed by atoms with van der Waals surface area (Å²) < 4.78 is 14.1. The summed E-state index contributed by atoms with van der Waals surface area (Å²) >= 11 is 5.98. The van der Waals surface area contributed by atoms with Crippen molar-refractivity contribution in [1.82, 2.24) is 10.2 Å². The molecule has 1 heterocycles. The van der Waals surface area contributed by atoms with E-state index in [9.17, 15) is 4.39 Å². The molecule has 0 saturated carbocycles. The number of nitrogen functional groups attached to an aromatic ring is 1. The SMILES string of the molecule is Cc1cc(Cl)ccc1-c1[nH]nc(N)c1-c1ccccc1F. The Morgan fingerprint density at radius 3 is 2.62 bits per heavy atom. The first-order chi connectivity index (χ1) is 10.1. The number of rotatable bonds is 2. The van der Waals surface area contributed by atoms with Gasteiger partial charge in [-0.3, -0.25) is 5.10 Å². The van der Waals surface area contributed by atoms with Crippen LogP contribution in [-0.4, -0.2) is 10.2 Å². The van der Waals surface area contributed by atoms with Crippen LogP contribution >= 0.6 is 11.6 Å². The van der Waals surface area contributed by atoms with E-state index in [2.05, 4.69) is 10.2 Å². The maximum absolute atomic E-state index is 14.1. The molecule has 5 heteroatoms. The molecule has 0 atom stereocenters. The first kappa shape index (κ1) is 13.6. The smallest absolute Gasteiger partial charge is 0.153 e. The maximum atomic E-state index is 14.1. The number of H-pyrrole nitrogens is 1. The molecule has 0 unspecified atom stereocenters. The number of aryl methyl sites for hydroxylation is 1. The highest BCUT2D eigenvalue weighted by atomic mass is 35.5. The highest BCUT2D eigenvalue weighted by Crippen LogP contribution is 2.37. The number of benzene rings is 2. The van der Waals surface area contributed by atoms with Crippen molar-refractivity contribution < 1.29 is 4.39 Å². The number of aromatic amines is 1. The molecule has 0 aliphatic carbocycles. The molecule has 0 aliphatic rings. The van der Waals surface area contributed by atoms with Crippen LogP contribution in [0.5, 0.6) is 0 Å². The van der Waals surface area contributed by atoms with Crippen molar-refractivity contribution in [2.45, 2.75) is 6.92 Å². The minimum atomic E-state index is -0.335. The molecule has 2 aromatic carbocycles. The van der Waals surface area contributed by atoms with Crippen molar-refractivity contribution in [2.24, 2.45) is 0 Å². The molecule has 0 saturated heterocycles. The number of hydrogen-bond acceptors (Lipinski definition) is 2. The molecule has 21 heavy (non-hydrogen) atoms. The predicted octanol–water partition coefficient (Wildman–Crippen LogP) is 4.43. The van der Waals surface area contributed by atoms with E-state index in [-0.39, 0.29) is 11.6 Å². The van der Waals surface area contributed by atoms with Crippen LogP contribution in [0.3, 0.4) is 0 Å². The number of hydrogen-bond donors (Lipinski definition) is 2. The number of aromatic nitrogens is 2. The van der Waals surface area contributed by atoms with Gasteiger partial charge in [0.05, 0.1) is 11.3 Å². The molecule has 3 nitrogen and oxygen atoms in total. The third-order valence-corrected chi connectivity index (χ3v) is 3.63. The van der Waals surface area contributed by atoms with Crippen LogP contribution in [0.25, 0.3) is 22.4 Å². The highest BCUT2D eigenvalue weighted by Gasteiger charge is 2.18. The number of anilines is 1. The zero-order chi connectivity index (χ0) is 15.0. The molecule has 3 rings (SSSR count). The fourth-order valence-electron chi connectivity index (χ4n) is 2.40. The van der Waals surface area contributed by atoms with Gasteiger partial charge in [-0.1, -0.05) is 35.9 Å². The van der Waals surface area contributed by atoms with Gasteiger partial charge in [0.2, 0.25) is 0 Å². The Balaban J connectivity index is 2.25. The Morgan fingerprint density at radius 1 is 1.14 bits per heavy atom. The lowest BCUT2D eigenvalue weighted by molar-refractivity contribution is 0.631. The van der Waals surface area contributed by atoms with Crippen molar-refractivity contribution in [3.63, 3.8) is 0 Å². The van der Waals surface area contributed by atoms with Gasteiger partial charge >= 0.3 is 0 Å². The third-order valence-electron chi connectivity index (χ3n) is 3.40. The summed E-state index contributed by atoms with van der Waals surface area (Å²) in [5.41, 5.74) is 9.46. The minimum absolute atomic E-state index is 0.268. The van der Waals surface area contributed by atoms with E-state index in [4.69, 9.17) is 17.3 Å². The van der Waals surface area contributed by atoms with E-state index in [1.165, 1.54) is 6.07 Å². The summed E-state index contributed by atoms with van der Waals surface area (Å²) in [6, 6.07) is 12.0. The molecular formula is C16H13ClFN3. The van der Waals surface area contributed by atoms with Crippen LogP contribution in [-0.2, 0) is 0 Å². The highest BCUT2D eigenvalue weighted by molar-refractivity contribution is 6.30. The van der Waals surface area contributed by atoms with Crippen molar-refractivity contribution >= 4 is 17.4 Å². The Labute approximate surface area is 126 Å².